The molecule has 2 amide bonds. The van der Waals surface area contributed by atoms with Crippen molar-refractivity contribution in [3.63, 3.8) is 0 Å². The summed E-state index contributed by atoms with van der Waals surface area (Å²) in [5.74, 6) is 1.05. The molecule has 3 heterocycles. The first-order valence-corrected chi connectivity index (χ1v) is 13.2. The van der Waals surface area contributed by atoms with Crippen LogP contribution in [0.3, 0.4) is 0 Å². The van der Waals surface area contributed by atoms with Gasteiger partial charge in [0.05, 0.1) is 5.56 Å². The van der Waals surface area contributed by atoms with E-state index in [1.54, 1.807) is 24.4 Å². The van der Waals surface area contributed by atoms with E-state index in [4.69, 9.17) is 5.73 Å². The van der Waals surface area contributed by atoms with E-state index in [1.165, 1.54) is 12.8 Å². The second kappa shape index (κ2) is 10.3. The number of amides is 2. The third-order valence-corrected chi connectivity index (χ3v) is 7.71. The Labute approximate surface area is 212 Å². The fourth-order valence-electron chi connectivity index (χ4n) is 5.64. The molecule has 2 aliphatic heterocycles. The monoisotopic (exact) mass is 489 g/mol. The molecule has 5 rings (SSSR count). The van der Waals surface area contributed by atoms with Crippen molar-refractivity contribution in [1.82, 2.24) is 10.3 Å². The number of ketones is 1. The number of nitrogens with zero attached hydrogens (tertiary/aromatic N) is 2. The number of carbonyl (C=O) groups is 3. The van der Waals surface area contributed by atoms with Crippen LogP contribution < -0.4 is 21.3 Å². The van der Waals surface area contributed by atoms with Gasteiger partial charge in [-0.2, -0.15) is 0 Å². The molecule has 0 radical (unpaired) electrons. The molecule has 1 aromatic heterocycles. The van der Waals surface area contributed by atoms with Gasteiger partial charge in [-0.1, -0.05) is 6.92 Å². The molecule has 36 heavy (non-hydrogen) atoms. The van der Waals surface area contributed by atoms with Crippen molar-refractivity contribution in [2.75, 3.05) is 16.8 Å². The van der Waals surface area contributed by atoms with E-state index >= 15 is 0 Å². The maximum Gasteiger partial charge on any atom is 0.251 e. The first-order valence-electron chi connectivity index (χ1n) is 13.2. The van der Waals surface area contributed by atoms with Gasteiger partial charge in [-0.25, -0.2) is 4.98 Å². The Morgan fingerprint density at radius 1 is 1.03 bits per heavy atom. The molecule has 0 spiro atoms. The van der Waals surface area contributed by atoms with E-state index in [2.05, 4.69) is 20.5 Å². The number of nitrogens with two attached hydrogens (primary N) is 1. The van der Waals surface area contributed by atoms with Crippen LogP contribution in [-0.2, 0) is 0 Å². The zero-order chi connectivity index (χ0) is 25.2. The number of benzene rings is 1. The summed E-state index contributed by atoms with van der Waals surface area (Å²) in [5, 5.41) is 6.53. The van der Waals surface area contributed by atoms with Crippen LogP contribution in [0.15, 0.2) is 36.5 Å². The summed E-state index contributed by atoms with van der Waals surface area (Å²) in [6, 6.07) is 9.61. The van der Waals surface area contributed by atoms with Gasteiger partial charge in [-0.3, -0.25) is 14.4 Å². The van der Waals surface area contributed by atoms with Crippen LogP contribution in [0.1, 0.15) is 89.4 Å². The largest absolute Gasteiger partial charge is 0.384 e. The number of carbonyl (C=O) groups excluding carboxylic acids is 3. The predicted octanol–water partition coefficient (Wildman–Crippen LogP) is 3.92. The Morgan fingerprint density at radius 3 is 2.36 bits per heavy atom. The lowest BCUT2D eigenvalue weighted by molar-refractivity contribution is 0.0924. The number of hydrogen-bond acceptors (Lipinski definition) is 6. The highest BCUT2D eigenvalue weighted by molar-refractivity contribution is 6.02. The first kappa shape index (κ1) is 24.3. The molecular weight excluding hydrogens is 454 g/mol. The molecular formula is C28H35N5O3. The number of anilines is 2. The van der Waals surface area contributed by atoms with Crippen LogP contribution in [0.4, 0.5) is 11.5 Å². The molecule has 1 saturated carbocycles. The third-order valence-electron chi connectivity index (χ3n) is 7.71. The minimum absolute atomic E-state index is 0.0790. The van der Waals surface area contributed by atoms with Crippen molar-refractivity contribution in [2.45, 2.75) is 76.4 Å². The molecule has 190 valence electrons. The quantitative estimate of drug-likeness (QED) is 0.436. The molecule has 3 atom stereocenters. The van der Waals surface area contributed by atoms with Gasteiger partial charge in [0.15, 0.2) is 5.78 Å². The van der Waals surface area contributed by atoms with Gasteiger partial charge in [0, 0.05) is 54.1 Å². The van der Waals surface area contributed by atoms with Crippen molar-refractivity contribution >= 4 is 29.1 Å². The number of nitrogens with one attached hydrogen (secondary N) is 2. The van der Waals surface area contributed by atoms with Gasteiger partial charge in [0.1, 0.15) is 5.82 Å². The van der Waals surface area contributed by atoms with Crippen LogP contribution in [0.5, 0.6) is 0 Å². The number of Topliss-reactive ketones (excluding diaryl/α,β-unsaturated/α-hetero) is 1. The SMILES string of the molecule is CCCC(=O)c1ccc(N2[C@@H]3CC[C@H]2CC(NC(=O)c2ccc(C(N)=O)c(NCC4CC4)c2)C3)nc1. The van der Waals surface area contributed by atoms with Gasteiger partial charge < -0.3 is 21.3 Å². The Morgan fingerprint density at radius 2 is 1.75 bits per heavy atom. The lowest BCUT2D eigenvalue weighted by Crippen LogP contribution is -2.50. The molecule has 1 aliphatic carbocycles. The van der Waals surface area contributed by atoms with Gasteiger partial charge in [0.25, 0.3) is 11.8 Å². The average Bonchev–Trinajstić information content (AvgIpc) is 3.66. The van der Waals surface area contributed by atoms with E-state index < -0.39 is 5.91 Å². The maximum atomic E-state index is 13.1. The minimum atomic E-state index is -0.499. The highest BCUT2D eigenvalue weighted by atomic mass is 16.2. The number of aromatic nitrogens is 1. The molecule has 8 heteroatoms. The van der Waals surface area contributed by atoms with Gasteiger partial charge in [-0.05, 0) is 81.2 Å². The Hall–Kier alpha value is -3.42. The second-order valence-corrected chi connectivity index (χ2v) is 10.5. The molecule has 1 unspecified atom stereocenters. The van der Waals surface area contributed by atoms with E-state index in [0.29, 0.717) is 46.8 Å². The number of pyridine rings is 1. The summed E-state index contributed by atoms with van der Waals surface area (Å²) in [4.78, 5) is 44.1. The molecule has 3 fully saturated rings. The normalized spacial score (nSPS) is 22.8. The zero-order valence-corrected chi connectivity index (χ0v) is 20.8. The van der Waals surface area contributed by atoms with Crippen molar-refractivity contribution in [3.8, 4) is 0 Å². The van der Waals surface area contributed by atoms with Crippen LogP contribution >= 0.6 is 0 Å². The summed E-state index contributed by atoms with van der Waals surface area (Å²) in [7, 11) is 0. The van der Waals surface area contributed by atoms with Crippen LogP contribution in [0, 0.1) is 5.92 Å². The van der Waals surface area contributed by atoms with Crippen molar-refractivity contribution in [2.24, 2.45) is 11.7 Å². The average molecular weight is 490 g/mol. The fourth-order valence-corrected chi connectivity index (χ4v) is 5.64. The molecule has 2 bridgehead atoms. The van der Waals surface area contributed by atoms with Crippen molar-refractivity contribution in [3.05, 3.63) is 53.2 Å². The smallest absolute Gasteiger partial charge is 0.251 e. The van der Waals surface area contributed by atoms with Crippen molar-refractivity contribution < 1.29 is 14.4 Å². The number of primary amides is 1. The molecule has 1 aromatic carbocycles. The van der Waals surface area contributed by atoms with Gasteiger partial charge in [-0.15, -0.1) is 0 Å². The number of rotatable bonds is 10. The molecule has 2 saturated heterocycles. The highest BCUT2D eigenvalue weighted by Crippen LogP contribution is 2.38. The summed E-state index contributed by atoms with van der Waals surface area (Å²) >= 11 is 0. The van der Waals surface area contributed by atoms with Crippen LogP contribution in [0.2, 0.25) is 0 Å². The Balaban J connectivity index is 1.23. The number of hydrogen-bond donors (Lipinski definition) is 3. The van der Waals surface area contributed by atoms with Gasteiger partial charge in [0.2, 0.25) is 0 Å². The third kappa shape index (κ3) is 5.22. The maximum absolute atomic E-state index is 13.1. The number of piperidine rings is 1. The minimum Gasteiger partial charge on any atom is -0.384 e. The van der Waals surface area contributed by atoms with Crippen molar-refractivity contribution in [1.29, 1.82) is 0 Å². The molecule has 2 aromatic rings. The Bertz CT molecular complexity index is 1130. The molecule has 8 nitrogen and oxygen atoms in total. The van der Waals surface area contributed by atoms with Crippen LogP contribution in [0.25, 0.3) is 0 Å². The Kier molecular flexibility index (Phi) is 6.94. The highest BCUT2D eigenvalue weighted by Gasteiger charge is 2.41. The zero-order valence-electron chi connectivity index (χ0n) is 20.8. The summed E-state index contributed by atoms with van der Waals surface area (Å²) in [6.45, 7) is 2.79. The topological polar surface area (TPSA) is 117 Å². The van der Waals surface area contributed by atoms with E-state index in [9.17, 15) is 14.4 Å². The second-order valence-electron chi connectivity index (χ2n) is 10.5. The predicted molar refractivity (Wildman–Crippen MR) is 139 cm³/mol. The molecule has 4 N–H and O–H groups in total. The standard InChI is InChI=1S/C28H35N5O3/c1-2-3-25(34)19-7-11-26(31-16-19)33-21-8-9-22(33)14-20(13-21)32-28(36)18-6-10-23(27(29)35)24(12-18)30-15-17-4-5-17/h6-7,10-12,16-17,20-22,30H,2-5,8-9,13-15H2,1H3,(H2,29,35)(H,32,36)/t20?,21-,22+. The first-order chi connectivity index (χ1) is 17.4. The van der Waals surface area contributed by atoms with E-state index in [1.807, 2.05) is 19.1 Å². The fraction of sp³-hybridized carbons (Fsp3) is 0.500. The van der Waals surface area contributed by atoms with Gasteiger partial charge >= 0.3 is 0 Å². The van der Waals surface area contributed by atoms with Crippen LogP contribution in [-0.4, -0.2) is 47.3 Å². The molecule has 3 aliphatic rings. The van der Waals surface area contributed by atoms with E-state index in [0.717, 1.165) is 44.5 Å². The lowest BCUT2D eigenvalue weighted by Gasteiger charge is -2.40. The lowest BCUT2D eigenvalue weighted by atomic mass is 9.96. The summed E-state index contributed by atoms with van der Waals surface area (Å²) < 4.78 is 0. The summed E-state index contributed by atoms with van der Waals surface area (Å²) in [6.07, 6.45) is 9.30. The number of fused-ring (bicyclic) bond motifs is 2. The van der Waals surface area contributed by atoms with E-state index in [-0.39, 0.29) is 17.7 Å². The summed E-state index contributed by atoms with van der Waals surface area (Å²) in [5.41, 5.74) is 7.78.